The van der Waals surface area contributed by atoms with E-state index in [1.807, 2.05) is 6.92 Å². The minimum atomic E-state index is -3.78. The Morgan fingerprint density at radius 2 is 1.81 bits per heavy atom. The molecule has 0 aliphatic carbocycles. The van der Waals surface area contributed by atoms with Crippen LogP contribution >= 0.6 is 0 Å². The van der Waals surface area contributed by atoms with E-state index in [0.717, 1.165) is 9.54 Å². The van der Waals surface area contributed by atoms with Crippen molar-refractivity contribution in [1.82, 2.24) is 13.9 Å². The van der Waals surface area contributed by atoms with Gasteiger partial charge in [-0.25, -0.2) is 17.4 Å². The molecule has 0 aliphatic heterocycles. The summed E-state index contributed by atoms with van der Waals surface area (Å²) < 4.78 is 26.4. The highest BCUT2D eigenvalue weighted by Crippen LogP contribution is 2.21. The molecule has 0 radical (unpaired) electrons. The Balaban J connectivity index is 2.32. The summed E-state index contributed by atoms with van der Waals surface area (Å²) in [5.74, 6) is 0. The van der Waals surface area contributed by atoms with Crippen LogP contribution in [0.2, 0.25) is 0 Å². The molecule has 0 saturated carbocycles. The Hall–Kier alpha value is -2.41. The minimum absolute atomic E-state index is 0.136. The van der Waals surface area contributed by atoms with Crippen molar-refractivity contribution in [3.63, 3.8) is 0 Å². The zero-order valence-electron chi connectivity index (χ0n) is 11.5. The lowest BCUT2D eigenvalue weighted by Crippen LogP contribution is -2.14. The van der Waals surface area contributed by atoms with Gasteiger partial charge in [0.15, 0.2) is 5.65 Å². The topological polar surface area (TPSA) is 84.8 Å². The summed E-state index contributed by atoms with van der Waals surface area (Å²) in [5.41, 5.74) is 1.32. The fourth-order valence-corrected chi connectivity index (χ4v) is 3.59. The summed E-state index contributed by atoms with van der Waals surface area (Å²) in [7, 11) is -3.78. The molecule has 21 heavy (non-hydrogen) atoms. The molecule has 0 aliphatic rings. The molecule has 7 heteroatoms. The molecule has 0 amide bonds. The van der Waals surface area contributed by atoms with Crippen molar-refractivity contribution in [2.24, 2.45) is 0 Å². The molecule has 0 fully saturated rings. The van der Waals surface area contributed by atoms with Gasteiger partial charge in [0.1, 0.15) is 0 Å². The van der Waals surface area contributed by atoms with Crippen molar-refractivity contribution in [2.75, 3.05) is 0 Å². The number of benzene rings is 1. The Morgan fingerprint density at radius 3 is 2.48 bits per heavy atom. The number of nitrogens with one attached hydrogen (secondary N) is 1. The van der Waals surface area contributed by atoms with Crippen molar-refractivity contribution in [1.29, 1.82) is 0 Å². The second-order valence-corrected chi connectivity index (χ2v) is 6.67. The fraction of sp³-hybridized carbons (Fsp3) is 0.143. The van der Waals surface area contributed by atoms with Crippen LogP contribution in [-0.2, 0) is 10.0 Å². The first-order valence-corrected chi connectivity index (χ1v) is 7.73. The summed E-state index contributed by atoms with van der Waals surface area (Å²) in [4.78, 5) is 18.4. The third-order valence-electron chi connectivity index (χ3n) is 3.32. The van der Waals surface area contributed by atoms with Gasteiger partial charge in [-0.1, -0.05) is 17.7 Å². The Labute approximate surface area is 121 Å². The van der Waals surface area contributed by atoms with Gasteiger partial charge in [-0.2, -0.15) is 0 Å². The number of fused-ring (bicyclic) bond motifs is 1. The van der Waals surface area contributed by atoms with Gasteiger partial charge < -0.3 is 4.98 Å². The van der Waals surface area contributed by atoms with E-state index in [4.69, 9.17) is 0 Å². The summed E-state index contributed by atoms with van der Waals surface area (Å²) in [5, 5.41) is 0.285. The average Bonchev–Trinajstić information content (AvgIpc) is 2.79. The number of nitrogens with zero attached hydrogens (tertiary/aromatic N) is 2. The van der Waals surface area contributed by atoms with Gasteiger partial charge in [-0.05, 0) is 31.5 Å². The standard InChI is InChI=1S/C14H13N3O3S/c1-9-3-5-11(6-4-9)21(19,20)17-7-10(2)12-13(17)15-8-16-14(12)18/h3-8H,1-2H3,(H,15,16,18). The molecule has 3 rings (SSSR count). The molecular formula is C14H13N3O3S. The van der Waals surface area contributed by atoms with Gasteiger partial charge >= 0.3 is 0 Å². The lowest BCUT2D eigenvalue weighted by molar-refractivity contribution is 0.588. The van der Waals surface area contributed by atoms with Gasteiger partial charge in [0.05, 0.1) is 16.6 Å². The van der Waals surface area contributed by atoms with E-state index in [2.05, 4.69) is 9.97 Å². The number of aromatic nitrogens is 3. The number of H-pyrrole nitrogens is 1. The van der Waals surface area contributed by atoms with Crippen LogP contribution in [0, 0.1) is 13.8 Å². The second-order valence-electron chi connectivity index (χ2n) is 4.86. The van der Waals surface area contributed by atoms with E-state index in [1.54, 1.807) is 31.2 Å². The third kappa shape index (κ3) is 2.06. The lowest BCUT2D eigenvalue weighted by Gasteiger charge is -2.06. The van der Waals surface area contributed by atoms with Crippen LogP contribution in [0.3, 0.4) is 0 Å². The van der Waals surface area contributed by atoms with E-state index >= 15 is 0 Å². The van der Waals surface area contributed by atoms with Crippen LogP contribution in [0.25, 0.3) is 11.0 Å². The molecular weight excluding hydrogens is 290 g/mol. The number of hydrogen-bond donors (Lipinski definition) is 1. The van der Waals surface area contributed by atoms with E-state index in [-0.39, 0.29) is 21.5 Å². The van der Waals surface area contributed by atoms with E-state index in [0.29, 0.717) is 5.56 Å². The van der Waals surface area contributed by atoms with Gasteiger partial charge in [-0.3, -0.25) is 4.79 Å². The smallest absolute Gasteiger partial charge is 0.269 e. The van der Waals surface area contributed by atoms with Crippen molar-refractivity contribution >= 4 is 21.1 Å². The highest BCUT2D eigenvalue weighted by molar-refractivity contribution is 7.90. The van der Waals surface area contributed by atoms with Gasteiger partial charge in [0.2, 0.25) is 0 Å². The maximum absolute atomic E-state index is 12.7. The van der Waals surface area contributed by atoms with E-state index in [1.165, 1.54) is 12.5 Å². The molecule has 2 aromatic heterocycles. The Bertz CT molecular complexity index is 982. The molecule has 0 bridgehead atoms. The van der Waals surface area contributed by atoms with Crippen LogP contribution < -0.4 is 5.56 Å². The predicted molar refractivity (Wildman–Crippen MR) is 78.9 cm³/mol. The summed E-state index contributed by atoms with van der Waals surface area (Å²) >= 11 is 0. The van der Waals surface area contributed by atoms with Gasteiger partial charge in [-0.15, -0.1) is 0 Å². The molecule has 2 heterocycles. The molecule has 108 valence electrons. The lowest BCUT2D eigenvalue weighted by atomic mass is 10.2. The SMILES string of the molecule is Cc1ccc(S(=O)(=O)n2cc(C)c3c(=O)[nH]cnc32)cc1. The highest BCUT2D eigenvalue weighted by atomic mass is 32.2. The van der Waals surface area contributed by atoms with Gasteiger partial charge in [0.25, 0.3) is 15.6 Å². The van der Waals surface area contributed by atoms with Crippen LogP contribution in [0.4, 0.5) is 0 Å². The highest BCUT2D eigenvalue weighted by Gasteiger charge is 2.22. The second kappa shape index (κ2) is 4.56. The van der Waals surface area contributed by atoms with Crippen LogP contribution in [-0.4, -0.2) is 22.4 Å². The molecule has 0 atom stereocenters. The molecule has 1 aromatic carbocycles. The third-order valence-corrected chi connectivity index (χ3v) is 4.99. The van der Waals surface area contributed by atoms with Crippen LogP contribution in [0.5, 0.6) is 0 Å². The zero-order chi connectivity index (χ0) is 15.2. The first-order chi connectivity index (χ1) is 9.91. The van der Waals surface area contributed by atoms with Crippen molar-refractivity contribution in [3.8, 4) is 0 Å². The van der Waals surface area contributed by atoms with E-state index in [9.17, 15) is 13.2 Å². The number of aromatic amines is 1. The quantitative estimate of drug-likeness (QED) is 0.779. The van der Waals surface area contributed by atoms with Crippen LogP contribution in [0.1, 0.15) is 11.1 Å². The summed E-state index contributed by atoms with van der Waals surface area (Å²) in [6, 6.07) is 6.54. The number of aryl methyl sites for hydroxylation is 2. The predicted octanol–water partition coefficient (Wildman–Crippen LogP) is 1.58. The van der Waals surface area contributed by atoms with E-state index < -0.39 is 10.0 Å². The monoisotopic (exact) mass is 303 g/mol. The summed E-state index contributed by atoms with van der Waals surface area (Å²) in [6.07, 6.45) is 2.62. The van der Waals surface area contributed by atoms with Crippen molar-refractivity contribution < 1.29 is 8.42 Å². The van der Waals surface area contributed by atoms with Crippen LogP contribution in [0.15, 0.2) is 46.5 Å². The zero-order valence-corrected chi connectivity index (χ0v) is 12.3. The Kier molecular flexibility index (Phi) is 2.94. The maximum atomic E-state index is 12.7. The number of hydrogen-bond acceptors (Lipinski definition) is 4. The molecule has 3 aromatic rings. The first kappa shape index (κ1) is 13.6. The first-order valence-electron chi connectivity index (χ1n) is 6.29. The number of rotatable bonds is 2. The maximum Gasteiger partial charge on any atom is 0.269 e. The Morgan fingerprint density at radius 1 is 1.14 bits per heavy atom. The molecule has 0 unspecified atom stereocenters. The molecule has 1 N–H and O–H groups in total. The largest absolute Gasteiger partial charge is 0.312 e. The summed E-state index contributed by atoms with van der Waals surface area (Å²) in [6.45, 7) is 3.56. The minimum Gasteiger partial charge on any atom is -0.312 e. The molecule has 6 nitrogen and oxygen atoms in total. The van der Waals surface area contributed by atoms with Gasteiger partial charge in [0, 0.05) is 6.20 Å². The fourth-order valence-electron chi connectivity index (χ4n) is 2.22. The molecule has 0 spiro atoms. The molecule has 0 saturated heterocycles. The average molecular weight is 303 g/mol. The van der Waals surface area contributed by atoms with Crippen molar-refractivity contribution in [3.05, 3.63) is 58.3 Å². The normalized spacial score (nSPS) is 11.9. The van der Waals surface area contributed by atoms with Crippen molar-refractivity contribution in [2.45, 2.75) is 18.7 Å².